The number of carbonyl (C=O) groups is 2. The fraction of sp³-hybridized carbons (Fsp3) is 0.500. The van der Waals surface area contributed by atoms with E-state index < -0.39 is 0 Å². The van der Waals surface area contributed by atoms with E-state index in [1.54, 1.807) is 29.5 Å². The summed E-state index contributed by atoms with van der Waals surface area (Å²) in [4.78, 5) is 29.7. The van der Waals surface area contributed by atoms with Gasteiger partial charge in [-0.1, -0.05) is 12.8 Å². The first-order valence-corrected chi connectivity index (χ1v) is 11.0. The Morgan fingerprint density at radius 1 is 1.14 bits per heavy atom. The van der Waals surface area contributed by atoms with Crippen LogP contribution in [0.4, 0.5) is 5.13 Å². The van der Waals surface area contributed by atoms with Gasteiger partial charge in [-0.2, -0.15) is 0 Å². The maximum Gasteiger partial charge on any atom is 0.226 e. The molecule has 0 saturated heterocycles. The van der Waals surface area contributed by atoms with E-state index in [-0.39, 0.29) is 11.7 Å². The number of aryl methyl sites for hydroxylation is 2. The van der Waals surface area contributed by atoms with Gasteiger partial charge in [0.25, 0.3) is 0 Å². The highest BCUT2D eigenvalue weighted by Gasteiger charge is 2.15. The summed E-state index contributed by atoms with van der Waals surface area (Å²) >= 11 is 1.61. The Kier molecular flexibility index (Phi) is 7.63. The number of hydrogen-bond acceptors (Lipinski definition) is 6. The summed E-state index contributed by atoms with van der Waals surface area (Å²) in [6.45, 7) is 1.90. The molecule has 2 aromatic rings. The van der Waals surface area contributed by atoms with Crippen LogP contribution in [0.1, 0.15) is 66.4 Å². The Balaban J connectivity index is 1.46. The van der Waals surface area contributed by atoms with Crippen LogP contribution in [0, 0.1) is 0 Å². The van der Waals surface area contributed by atoms with Crippen molar-refractivity contribution in [3.8, 4) is 11.5 Å². The molecule has 1 aliphatic rings. The summed E-state index contributed by atoms with van der Waals surface area (Å²) in [5.41, 5.74) is 1.74. The van der Waals surface area contributed by atoms with Crippen LogP contribution in [0.3, 0.4) is 0 Å². The van der Waals surface area contributed by atoms with E-state index >= 15 is 0 Å². The number of aromatic nitrogens is 1. The van der Waals surface area contributed by atoms with Crippen LogP contribution in [0.2, 0.25) is 0 Å². The van der Waals surface area contributed by atoms with Crippen molar-refractivity contribution >= 4 is 28.2 Å². The molecular weight excluding hydrogens is 388 g/mol. The molecule has 0 unspecified atom stereocenters. The second kappa shape index (κ2) is 10.4. The van der Waals surface area contributed by atoms with E-state index in [1.165, 1.54) is 44.6 Å². The van der Waals surface area contributed by atoms with Crippen molar-refractivity contribution in [1.82, 2.24) is 4.98 Å². The van der Waals surface area contributed by atoms with Crippen LogP contribution >= 0.6 is 11.3 Å². The Morgan fingerprint density at radius 3 is 2.69 bits per heavy atom. The monoisotopic (exact) mass is 416 g/mol. The fourth-order valence-corrected chi connectivity index (χ4v) is 4.43. The lowest BCUT2D eigenvalue weighted by molar-refractivity contribution is -0.116. The molecule has 7 heteroatoms. The predicted octanol–water partition coefficient (Wildman–Crippen LogP) is 4.81. The largest absolute Gasteiger partial charge is 0.493 e. The number of Topliss-reactive ketones (excluding diaryl/α,β-unsaturated/α-hetero) is 1. The van der Waals surface area contributed by atoms with Crippen molar-refractivity contribution in [2.24, 2.45) is 0 Å². The van der Waals surface area contributed by atoms with E-state index in [1.807, 2.05) is 0 Å². The van der Waals surface area contributed by atoms with E-state index in [4.69, 9.17) is 9.47 Å². The molecule has 0 spiro atoms. The summed E-state index contributed by atoms with van der Waals surface area (Å²) in [6, 6.07) is 5.10. The van der Waals surface area contributed by atoms with Gasteiger partial charge in [-0.05, 0) is 57.2 Å². The number of ether oxygens (including phenoxy) is 2. The second-order valence-electron chi connectivity index (χ2n) is 7.23. The second-order valence-corrected chi connectivity index (χ2v) is 8.31. The van der Waals surface area contributed by atoms with E-state index in [9.17, 15) is 9.59 Å². The minimum absolute atomic E-state index is 0.0263. The van der Waals surface area contributed by atoms with Crippen LogP contribution in [-0.2, 0) is 17.6 Å². The van der Waals surface area contributed by atoms with Crippen LogP contribution in [0.25, 0.3) is 0 Å². The normalized spacial score (nSPS) is 13.7. The molecule has 1 N–H and O–H groups in total. The van der Waals surface area contributed by atoms with Gasteiger partial charge in [-0.3, -0.25) is 9.59 Å². The topological polar surface area (TPSA) is 77.5 Å². The molecule has 3 rings (SSSR count). The number of methoxy groups -OCH3 is 1. The van der Waals surface area contributed by atoms with Crippen molar-refractivity contribution in [2.45, 2.75) is 58.3 Å². The number of hydrogen-bond donors (Lipinski definition) is 1. The van der Waals surface area contributed by atoms with Crippen LogP contribution in [0.5, 0.6) is 11.5 Å². The van der Waals surface area contributed by atoms with Crippen LogP contribution in [0.15, 0.2) is 18.2 Å². The van der Waals surface area contributed by atoms with Crippen LogP contribution < -0.4 is 14.8 Å². The molecule has 1 aromatic carbocycles. The van der Waals surface area contributed by atoms with E-state index in [0.717, 1.165) is 18.5 Å². The van der Waals surface area contributed by atoms with Gasteiger partial charge in [0.05, 0.1) is 19.4 Å². The molecule has 6 nitrogen and oxygen atoms in total. The summed E-state index contributed by atoms with van der Waals surface area (Å²) in [5.74, 6) is 1.01. The maximum atomic E-state index is 12.3. The first-order chi connectivity index (χ1) is 14.1. The summed E-state index contributed by atoms with van der Waals surface area (Å²) in [5, 5.41) is 3.64. The molecule has 0 saturated carbocycles. The molecule has 0 aliphatic heterocycles. The highest BCUT2D eigenvalue weighted by atomic mass is 32.1. The third-order valence-electron chi connectivity index (χ3n) is 4.97. The standard InChI is InChI=1S/C22H28N2O4S/c1-15(25)16-11-12-18(19(14-16)27-2)28-13-7-10-21(26)24-22-23-17-8-5-3-4-6-9-20(17)29-22/h11-12,14H,3-10,13H2,1-2H3,(H,23,24,26). The fourth-order valence-electron chi connectivity index (χ4n) is 3.36. The molecule has 0 fully saturated rings. The maximum absolute atomic E-state index is 12.3. The number of fused-ring (bicyclic) bond motifs is 1. The van der Waals surface area contributed by atoms with Crippen molar-refractivity contribution in [3.05, 3.63) is 34.3 Å². The number of nitrogens with one attached hydrogen (secondary N) is 1. The first-order valence-electron chi connectivity index (χ1n) is 10.2. The van der Waals surface area contributed by atoms with Crippen molar-refractivity contribution in [1.29, 1.82) is 0 Å². The van der Waals surface area contributed by atoms with E-state index in [0.29, 0.717) is 41.6 Å². The zero-order chi connectivity index (χ0) is 20.6. The number of rotatable bonds is 8. The molecule has 1 amide bonds. The number of benzene rings is 1. The highest BCUT2D eigenvalue weighted by Crippen LogP contribution is 2.29. The molecular formula is C22H28N2O4S. The summed E-state index contributed by atoms with van der Waals surface area (Å²) in [6.07, 6.45) is 7.95. The highest BCUT2D eigenvalue weighted by molar-refractivity contribution is 7.15. The molecule has 0 radical (unpaired) electrons. The Hall–Kier alpha value is -2.41. The predicted molar refractivity (Wildman–Crippen MR) is 114 cm³/mol. The zero-order valence-electron chi connectivity index (χ0n) is 17.1. The van der Waals surface area contributed by atoms with Crippen LogP contribution in [-0.4, -0.2) is 30.4 Å². The van der Waals surface area contributed by atoms with Gasteiger partial charge in [-0.15, -0.1) is 11.3 Å². The SMILES string of the molecule is COc1cc(C(C)=O)ccc1OCCCC(=O)Nc1nc2c(s1)CCCCCC2. The Morgan fingerprint density at radius 2 is 1.93 bits per heavy atom. The molecule has 1 aromatic heterocycles. The minimum atomic E-state index is -0.0470. The van der Waals surface area contributed by atoms with Gasteiger partial charge < -0.3 is 14.8 Å². The van der Waals surface area contributed by atoms with Gasteiger partial charge in [0.1, 0.15) is 0 Å². The number of nitrogens with zero attached hydrogens (tertiary/aromatic N) is 1. The van der Waals surface area contributed by atoms with Crippen molar-refractivity contribution in [3.63, 3.8) is 0 Å². The number of carbonyl (C=O) groups excluding carboxylic acids is 2. The first kappa shape index (κ1) is 21.3. The molecule has 1 aliphatic carbocycles. The van der Waals surface area contributed by atoms with Gasteiger partial charge in [0.2, 0.25) is 5.91 Å². The van der Waals surface area contributed by atoms with Gasteiger partial charge in [0.15, 0.2) is 22.4 Å². The Bertz CT molecular complexity index is 837. The minimum Gasteiger partial charge on any atom is -0.493 e. The summed E-state index contributed by atoms with van der Waals surface area (Å²) in [7, 11) is 1.54. The van der Waals surface area contributed by atoms with Crippen molar-refractivity contribution < 1.29 is 19.1 Å². The number of amides is 1. The average molecular weight is 417 g/mol. The molecule has 29 heavy (non-hydrogen) atoms. The smallest absolute Gasteiger partial charge is 0.226 e. The zero-order valence-corrected chi connectivity index (χ0v) is 17.9. The third-order valence-corrected chi connectivity index (χ3v) is 6.04. The number of anilines is 1. The van der Waals surface area contributed by atoms with Gasteiger partial charge in [-0.25, -0.2) is 4.98 Å². The lowest BCUT2D eigenvalue weighted by Gasteiger charge is -2.11. The average Bonchev–Trinajstić information content (AvgIpc) is 3.05. The molecule has 0 atom stereocenters. The molecule has 0 bridgehead atoms. The van der Waals surface area contributed by atoms with Gasteiger partial charge >= 0.3 is 0 Å². The molecule has 156 valence electrons. The molecule has 1 heterocycles. The summed E-state index contributed by atoms with van der Waals surface area (Å²) < 4.78 is 11.0. The lowest BCUT2D eigenvalue weighted by atomic mass is 10.0. The number of ketones is 1. The lowest BCUT2D eigenvalue weighted by Crippen LogP contribution is -2.13. The Labute approximate surface area is 175 Å². The quantitative estimate of drug-likeness (QED) is 0.493. The van der Waals surface area contributed by atoms with Gasteiger partial charge in [0, 0.05) is 16.9 Å². The van der Waals surface area contributed by atoms with E-state index in [2.05, 4.69) is 10.3 Å². The number of thiazole rings is 1. The van der Waals surface area contributed by atoms with Crippen molar-refractivity contribution in [2.75, 3.05) is 19.0 Å². The third kappa shape index (κ3) is 6.03.